The van der Waals surface area contributed by atoms with Crippen molar-refractivity contribution in [3.8, 4) is 11.6 Å². The molecular weight excluding hydrogens is 297 g/mol. The fraction of sp³-hybridized carbons (Fsp3) is 0.143. The Morgan fingerprint density at radius 3 is 2.55 bits per heavy atom. The van der Waals surface area contributed by atoms with Gasteiger partial charge in [0.2, 0.25) is 5.65 Å². The van der Waals surface area contributed by atoms with Gasteiger partial charge in [0.25, 0.3) is 5.88 Å². The van der Waals surface area contributed by atoms with Crippen molar-refractivity contribution < 1.29 is 17.9 Å². The second-order valence-electron chi connectivity index (χ2n) is 4.52. The first-order valence-corrected chi connectivity index (χ1v) is 6.35. The Labute approximate surface area is 123 Å². The molecule has 0 radical (unpaired) electrons. The highest BCUT2D eigenvalue weighted by atomic mass is 19.4. The molecule has 2 N–H and O–H groups in total. The Hall–Kier alpha value is -2.61. The molecule has 3 aromatic rings. The van der Waals surface area contributed by atoms with E-state index in [1.165, 1.54) is 12.1 Å². The zero-order chi connectivity index (χ0) is 15.7. The van der Waals surface area contributed by atoms with E-state index >= 15 is 0 Å². The third-order valence-corrected chi connectivity index (χ3v) is 3.00. The van der Waals surface area contributed by atoms with Crippen molar-refractivity contribution in [2.75, 3.05) is 0 Å². The van der Waals surface area contributed by atoms with E-state index in [0.29, 0.717) is 11.3 Å². The fourth-order valence-electron chi connectivity index (χ4n) is 1.94. The number of hydrogen-bond donors (Lipinski definition) is 1. The molecule has 2 aromatic heterocycles. The number of hydrogen-bond acceptors (Lipinski definition) is 4. The first-order valence-electron chi connectivity index (χ1n) is 6.35. The number of rotatable bonds is 3. The van der Waals surface area contributed by atoms with Crippen LogP contribution in [-0.2, 0) is 12.7 Å². The highest BCUT2D eigenvalue weighted by molar-refractivity contribution is 5.51. The molecule has 0 aliphatic heterocycles. The molecule has 0 atom stereocenters. The van der Waals surface area contributed by atoms with Gasteiger partial charge >= 0.3 is 6.18 Å². The zero-order valence-corrected chi connectivity index (χ0v) is 11.2. The van der Waals surface area contributed by atoms with Crippen molar-refractivity contribution in [3.63, 3.8) is 0 Å². The van der Waals surface area contributed by atoms with E-state index in [4.69, 9.17) is 10.5 Å². The van der Waals surface area contributed by atoms with Gasteiger partial charge in [-0.05, 0) is 24.3 Å². The van der Waals surface area contributed by atoms with Gasteiger partial charge < -0.3 is 14.9 Å². The molecule has 0 saturated heterocycles. The monoisotopic (exact) mass is 308 g/mol. The number of aromatic nitrogens is 3. The minimum absolute atomic E-state index is 0.188. The second-order valence-corrected chi connectivity index (χ2v) is 4.52. The first-order chi connectivity index (χ1) is 10.5. The predicted octanol–water partition coefficient (Wildman–Crippen LogP) is 3.00. The Balaban J connectivity index is 1.94. The third kappa shape index (κ3) is 2.73. The second kappa shape index (κ2) is 5.30. The van der Waals surface area contributed by atoms with Gasteiger partial charge in [0.15, 0.2) is 0 Å². The van der Waals surface area contributed by atoms with Crippen molar-refractivity contribution in [2.45, 2.75) is 12.7 Å². The first kappa shape index (κ1) is 14.3. The summed E-state index contributed by atoms with van der Waals surface area (Å²) in [7, 11) is 0. The topological polar surface area (TPSA) is 65.4 Å². The number of nitrogens with zero attached hydrogens (tertiary/aromatic N) is 3. The van der Waals surface area contributed by atoms with E-state index < -0.39 is 11.7 Å². The minimum Gasteiger partial charge on any atom is -0.436 e. The molecule has 0 amide bonds. The summed E-state index contributed by atoms with van der Waals surface area (Å²) in [5.41, 5.74) is 5.85. The van der Waals surface area contributed by atoms with Crippen LogP contribution in [0.15, 0.2) is 42.9 Å². The van der Waals surface area contributed by atoms with Gasteiger partial charge in [-0.25, -0.2) is 9.97 Å². The van der Waals surface area contributed by atoms with Crippen LogP contribution in [0.25, 0.3) is 5.65 Å². The summed E-state index contributed by atoms with van der Waals surface area (Å²) in [6, 6.07) is 4.37. The fourth-order valence-corrected chi connectivity index (χ4v) is 1.94. The van der Waals surface area contributed by atoms with Crippen LogP contribution in [0.3, 0.4) is 0 Å². The summed E-state index contributed by atoms with van der Waals surface area (Å²) < 4.78 is 44.8. The Bertz CT molecular complexity index is 796. The van der Waals surface area contributed by atoms with E-state index in [1.807, 2.05) is 0 Å². The average molecular weight is 308 g/mol. The number of alkyl halides is 3. The number of ether oxygens (including phenoxy) is 1. The van der Waals surface area contributed by atoms with Crippen LogP contribution < -0.4 is 10.5 Å². The van der Waals surface area contributed by atoms with E-state index in [9.17, 15) is 13.2 Å². The molecule has 2 heterocycles. The molecular formula is C14H11F3N4O. The third-order valence-electron chi connectivity index (χ3n) is 3.00. The molecule has 0 aliphatic rings. The largest absolute Gasteiger partial charge is 0.436 e. The summed E-state index contributed by atoms with van der Waals surface area (Å²) in [5.74, 6) is 0.423. The lowest BCUT2D eigenvalue weighted by molar-refractivity contribution is -0.137. The molecule has 0 saturated carbocycles. The molecule has 0 aliphatic carbocycles. The molecule has 1 aromatic carbocycles. The van der Waals surface area contributed by atoms with Crippen molar-refractivity contribution in [2.24, 2.45) is 5.73 Å². The standard InChI is InChI=1S/C14H11F3N4O/c15-14(16,17)9-1-3-11(4-2-9)22-13-12-19-5-6-21(12)8-10(7-18)20-13/h1-6,8H,7,18H2. The summed E-state index contributed by atoms with van der Waals surface area (Å²) >= 11 is 0. The van der Waals surface area contributed by atoms with Gasteiger partial charge in [-0.2, -0.15) is 13.2 Å². The van der Waals surface area contributed by atoms with Crippen LogP contribution in [0.5, 0.6) is 11.6 Å². The van der Waals surface area contributed by atoms with Crippen molar-refractivity contribution in [1.82, 2.24) is 14.4 Å². The van der Waals surface area contributed by atoms with Gasteiger partial charge in [0.05, 0.1) is 11.3 Å². The van der Waals surface area contributed by atoms with Gasteiger partial charge in [0, 0.05) is 25.1 Å². The Morgan fingerprint density at radius 2 is 1.91 bits per heavy atom. The van der Waals surface area contributed by atoms with Crippen LogP contribution in [0.4, 0.5) is 13.2 Å². The molecule has 8 heteroatoms. The maximum atomic E-state index is 12.5. The lowest BCUT2D eigenvalue weighted by Crippen LogP contribution is -2.05. The van der Waals surface area contributed by atoms with Crippen LogP contribution >= 0.6 is 0 Å². The number of benzene rings is 1. The molecule has 114 valence electrons. The number of nitrogens with two attached hydrogens (primary N) is 1. The van der Waals surface area contributed by atoms with Crippen LogP contribution in [0.2, 0.25) is 0 Å². The molecule has 3 rings (SSSR count). The lowest BCUT2D eigenvalue weighted by atomic mass is 10.2. The zero-order valence-electron chi connectivity index (χ0n) is 11.2. The van der Waals surface area contributed by atoms with Crippen LogP contribution in [-0.4, -0.2) is 14.4 Å². The SMILES string of the molecule is NCc1cn2ccnc2c(Oc2ccc(C(F)(F)F)cc2)n1. The maximum Gasteiger partial charge on any atom is 0.416 e. The van der Waals surface area contributed by atoms with Crippen LogP contribution in [0.1, 0.15) is 11.3 Å². The normalized spacial score (nSPS) is 11.8. The molecule has 22 heavy (non-hydrogen) atoms. The van der Waals surface area contributed by atoms with Gasteiger partial charge in [-0.15, -0.1) is 0 Å². The summed E-state index contributed by atoms with van der Waals surface area (Å²) in [6.45, 7) is 0.206. The molecule has 0 bridgehead atoms. The Morgan fingerprint density at radius 1 is 1.18 bits per heavy atom. The van der Waals surface area contributed by atoms with Gasteiger partial charge in [-0.3, -0.25) is 0 Å². The number of imidazole rings is 1. The highest BCUT2D eigenvalue weighted by Crippen LogP contribution is 2.31. The smallest absolute Gasteiger partial charge is 0.416 e. The van der Waals surface area contributed by atoms with Crippen molar-refractivity contribution in [3.05, 3.63) is 54.1 Å². The molecule has 0 spiro atoms. The summed E-state index contributed by atoms with van der Waals surface area (Å²) in [6.07, 6.45) is 0.598. The number of fused-ring (bicyclic) bond motifs is 1. The van der Waals surface area contributed by atoms with E-state index in [2.05, 4.69) is 9.97 Å². The lowest BCUT2D eigenvalue weighted by Gasteiger charge is -2.10. The predicted molar refractivity (Wildman–Crippen MR) is 72.4 cm³/mol. The van der Waals surface area contributed by atoms with Crippen molar-refractivity contribution in [1.29, 1.82) is 0 Å². The van der Waals surface area contributed by atoms with Gasteiger partial charge in [-0.1, -0.05) is 0 Å². The number of halogens is 3. The van der Waals surface area contributed by atoms with Crippen molar-refractivity contribution >= 4 is 5.65 Å². The van der Waals surface area contributed by atoms with E-state index in [1.54, 1.807) is 23.0 Å². The highest BCUT2D eigenvalue weighted by Gasteiger charge is 2.30. The summed E-state index contributed by atoms with van der Waals surface area (Å²) in [5, 5.41) is 0. The van der Waals surface area contributed by atoms with Gasteiger partial charge in [0.1, 0.15) is 5.75 Å². The van der Waals surface area contributed by atoms with Crippen LogP contribution in [0, 0.1) is 0 Å². The molecule has 0 fully saturated rings. The average Bonchev–Trinajstić information content (AvgIpc) is 2.95. The maximum absolute atomic E-state index is 12.5. The quantitative estimate of drug-likeness (QED) is 0.808. The van der Waals surface area contributed by atoms with E-state index in [0.717, 1.165) is 12.1 Å². The molecule has 5 nitrogen and oxygen atoms in total. The van der Waals surface area contributed by atoms with E-state index in [-0.39, 0.29) is 18.2 Å². The molecule has 0 unspecified atom stereocenters. The summed E-state index contributed by atoms with van der Waals surface area (Å²) in [4.78, 5) is 8.31. The minimum atomic E-state index is -4.38. The Kier molecular flexibility index (Phi) is 3.45.